The quantitative estimate of drug-likeness (QED) is 0.900. The smallest absolute Gasteiger partial charge is 0.109 e. The van der Waals surface area contributed by atoms with Crippen LogP contribution < -0.4 is 5.73 Å². The van der Waals surface area contributed by atoms with E-state index in [1.807, 2.05) is 0 Å². The van der Waals surface area contributed by atoms with Crippen LogP contribution >= 0.6 is 0 Å². The minimum atomic E-state index is -0.0656. The Morgan fingerprint density at radius 2 is 2.11 bits per heavy atom. The molecule has 3 rings (SSSR count). The molecule has 0 unspecified atom stereocenters. The Labute approximate surface area is 108 Å². The predicted octanol–water partition coefficient (Wildman–Crippen LogP) is 2.72. The highest BCUT2D eigenvalue weighted by Crippen LogP contribution is 2.43. The standard InChI is InChI=1S/C15H21N3/c1-10(2)8-14-17-12-9-11(15(16)6-7-15)4-5-13(12)18(14)3/h4-5,9-10H,6-8,16H2,1-3H3. The maximum atomic E-state index is 6.25. The lowest BCUT2D eigenvalue weighted by atomic mass is 10.1. The van der Waals surface area contributed by atoms with E-state index < -0.39 is 0 Å². The molecule has 3 nitrogen and oxygen atoms in total. The van der Waals surface area contributed by atoms with Crippen molar-refractivity contribution >= 4 is 11.0 Å². The summed E-state index contributed by atoms with van der Waals surface area (Å²) in [5.74, 6) is 1.79. The molecule has 0 bridgehead atoms. The number of rotatable bonds is 3. The minimum Gasteiger partial charge on any atom is -0.331 e. The van der Waals surface area contributed by atoms with Crippen LogP contribution in [0.4, 0.5) is 0 Å². The summed E-state index contributed by atoms with van der Waals surface area (Å²) >= 11 is 0. The van der Waals surface area contributed by atoms with Crippen molar-refractivity contribution in [1.82, 2.24) is 9.55 Å². The third kappa shape index (κ3) is 1.83. The van der Waals surface area contributed by atoms with E-state index in [-0.39, 0.29) is 5.54 Å². The normalized spacial score (nSPS) is 17.6. The van der Waals surface area contributed by atoms with E-state index in [2.05, 4.69) is 43.7 Å². The molecule has 1 fully saturated rings. The van der Waals surface area contributed by atoms with Crippen molar-refractivity contribution in [2.45, 2.75) is 38.6 Å². The maximum Gasteiger partial charge on any atom is 0.109 e. The van der Waals surface area contributed by atoms with Crippen LogP contribution in [0.1, 0.15) is 38.1 Å². The molecular formula is C15H21N3. The molecule has 1 aliphatic carbocycles. The monoisotopic (exact) mass is 243 g/mol. The van der Waals surface area contributed by atoms with Crippen molar-refractivity contribution in [1.29, 1.82) is 0 Å². The van der Waals surface area contributed by atoms with Crippen LogP contribution in [0.15, 0.2) is 18.2 Å². The van der Waals surface area contributed by atoms with Gasteiger partial charge in [0.15, 0.2) is 0 Å². The Morgan fingerprint density at radius 1 is 1.39 bits per heavy atom. The molecule has 0 amide bonds. The van der Waals surface area contributed by atoms with Crippen LogP contribution in [0.25, 0.3) is 11.0 Å². The summed E-state index contributed by atoms with van der Waals surface area (Å²) < 4.78 is 2.20. The molecule has 1 heterocycles. The second-order valence-electron chi connectivity index (χ2n) is 6.04. The Kier molecular flexibility index (Phi) is 2.49. The predicted molar refractivity (Wildman–Crippen MR) is 74.4 cm³/mol. The van der Waals surface area contributed by atoms with Gasteiger partial charge in [-0.3, -0.25) is 0 Å². The number of nitrogens with two attached hydrogens (primary N) is 1. The van der Waals surface area contributed by atoms with Gasteiger partial charge in [0.25, 0.3) is 0 Å². The lowest BCUT2D eigenvalue weighted by molar-refractivity contribution is 0.606. The largest absolute Gasteiger partial charge is 0.331 e. The molecule has 0 aliphatic heterocycles. The number of aryl methyl sites for hydroxylation is 1. The first-order chi connectivity index (χ1) is 8.49. The van der Waals surface area contributed by atoms with Gasteiger partial charge in [-0.05, 0) is 36.5 Å². The number of imidazole rings is 1. The average Bonchev–Trinajstić information content (AvgIpc) is 2.99. The molecule has 0 saturated heterocycles. The first kappa shape index (κ1) is 11.7. The summed E-state index contributed by atoms with van der Waals surface area (Å²) in [6.07, 6.45) is 3.22. The third-order valence-electron chi connectivity index (χ3n) is 3.93. The second-order valence-corrected chi connectivity index (χ2v) is 6.04. The van der Waals surface area contributed by atoms with Crippen molar-refractivity contribution in [2.24, 2.45) is 18.7 Å². The first-order valence-electron chi connectivity index (χ1n) is 6.74. The molecule has 1 saturated carbocycles. The van der Waals surface area contributed by atoms with E-state index in [1.165, 1.54) is 16.9 Å². The molecule has 1 aliphatic rings. The Hall–Kier alpha value is -1.35. The fourth-order valence-electron chi connectivity index (χ4n) is 2.53. The van der Waals surface area contributed by atoms with Gasteiger partial charge < -0.3 is 10.3 Å². The minimum absolute atomic E-state index is 0.0656. The molecule has 0 atom stereocenters. The van der Waals surface area contributed by atoms with Crippen molar-refractivity contribution < 1.29 is 0 Å². The van der Waals surface area contributed by atoms with Gasteiger partial charge in [0.1, 0.15) is 5.82 Å². The zero-order valence-electron chi connectivity index (χ0n) is 11.4. The summed E-state index contributed by atoms with van der Waals surface area (Å²) in [7, 11) is 2.10. The van der Waals surface area contributed by atoms with Crippen LogP contribution in [0.3, 0.4) is 0 Å². The lowest BCUT2D eigenvalue weighted by Crippen LogP contribution is -2.18. The highest BCUT2D eigenvalue weighted by molar-refractivity contribution is 5.77. The second kappa shape index (κ2) is 3.82. The van der Waals surface area contributed by atoms with Gasteiger partial charge in [-0.1, -0.05) is 19.9 Å². The van der Waals surface area contributed by atoms with Crippen molar-refractivity contribution in [3.05, 3.63) is 29.6 Å². The Bertz CT molecular complexity index is 591. The maximum absolute atomic E-state index is 6.25. The van der Waals surface area contributed by atoms with Crippen LogP contribution in [0.2, 0.25) is 0 Å². The Balaban J connectivity index is 2.06. The van der Waals surface area contributed by atoms with Gasteiger partial charge in [-0.25, -0.2) is 4.98 Å². The lowest BCUT2D eigenvalue weighted by Gasteiger charge is -2.08. The van der Waals surface area contributed by atoms with Crippen LogP contribution in [-0.4, -0.2) is 9.55 Å². The van der Waals surface area contributed by atoms with Gasteiger partial charge in [-0.15, -0.1) is 0 Å². The Morgan fingerprint density at radius 3 is 2.72 bits per heavy atom. The fourth-order valence-corrected chi connectivity index (χ4v) is 2.53. The number of hydrogen-bond donors (Lipinski definition) is 1. The van der Waals surface area contributed by atoms with Gasteiger partial charge >= 0.3 is 0 Å². The number of hydrogen-bond acceptors (Lipinski definition) is 2. The van der Waals surface area contributed by atoms with Gasteiger partial charge in [0.05, 0.1) is 11.0 Å². The zero-order valence-corrected chi connectivity index (χ0v) is 11.4. The molecule has 0 spiro atoms. The van der Waals surface area contributed by atoms with Crippen LogP contribution in [0, 0.1) is 5.92 Å². The van der Waals surface area contributed by atoms with Crippen molar-refractivity contribution in [2.75, 3.05) is 0 Å². The molecule has 3 heteroatoms. The zero-order chi connectivity index (χ0) is 12.9. The van der Waals surface area contributed by atoms with E-state index in [0.717, 1.165) is 24.8 Å². The van der Waals surface area contributed by atoms with Crippen molar-refractivity contribution in [3.63, 3.8) is 0 Å². The number of fused-ring (bicyclic) bond motifs is 1. The van der Waals surface area contributed by atoms with E-state index in [0.29, 0.717) is 5.92 Å². The summed E-state index contributed by atoms with van der Waals surface area (Å²) in [6.45, 7) is 4.45. The SMILES string of the molecule is CC(C)Cc1nc2cc(C3(N)CC3)ccc2n1C. The summed E-state index contributed by atoms with van der Waals surface area (Å²) in [5, 5.41) is 0. The van der Waals surface area contributed by atoms with Gasteiger partial charge in [0, 0.05) is 19.0 Å². The first-order valence-corrected chi connectivity index (χ1v) is 6.74. The number of nitrogens with zero attached hydrogens (tertiary/aromatic N) is 2. The molecule has 18 heavy (non-hydrogen) atoms. The molecule has 1 aromatic carbocycles. The number of aromatic nitrogens is 2. The highest BCUT2D eigenvalue weighted by Gasteiger charge is 2.40. The van der Waals surface area contributed by atoms with E-state index in [1.54, 1.807) is 0 Å². The van der Waals surface area contributed by atoms with E-state index in [9.17, 15) is 0 Å². The third-order valence-corrected chi connectivity index (χ3v) is 3.93. The summed E-state index contributed by atoms with van der Waals surface area (Å²) in [4.78, 5) is 4.76. The summed E-state index contributed by atoms with van der Waals surface area (Å²) in [5.41, 5.74) is 9.72. The topological polar surface area (TPSA) is 43.8 Å². The molecule has 2 N–H and O–H groups in total. The molecule has 1 aromatic heterocycles. The molecule has 0 radical (unpaired) electrons. The highest BCUT2D eigenvalue weighted by atomic mass is 15.1. The number of benzene rings is 1. The van der Waals surface area contributed by atoms with E-state index >= 15 is 0 Å². The van der Waals surface area contributed by atoms with Crippen LogP contribution in [0.5, 0.6) is 0 Å². The molecule has 96 valence electrons. The fraction of sp³-hybridized carbons (Fsp3) is 0.533. The average molecular weight is 243 g/mol. The van der Waals surface area contributed by atoms with Crippen LogP contribution in [-0.2, 0) is 19.0 Å². The molecule has 2 aromatic rings. The van der Waals surface area contributed by atoms with E-state index in [4.69, 9.17) is 10.7 Å². The summed E-state index contributed by atoms with van der Waals surface area (Å²) in [6, 6.07) is 6.50. The van der Waals surface area contributed by atoms with Crippen molar-refractivity contribution in [3.8, 4) is 0 Å². The molecular weight excluding hydrogens is 222 g/mol. The van der Waals surface area contributed by atoms with Gasteiger partial charge in [0.2, 0.25) is 0 Å². The van der Waals surface area contributed by atoms with Gasteiger partial charge in [-0.2, -0.15) is 0 Å².